The Morgan fingerprint density at radius 2 is 1.92 bits per heavy atom. The van der Waals surface area contributed by atoms with Crippen LogP contribution in [0.3, 0.4) is 0 Å². The second kappa shape index (κ2) is 7.30. The first kappa shape index (κ1) is 16.9. The number of nitrogens with one attached hydrogen (secondary N) is 2. The fourth-order valence-corrected chi connectivity index (χ4v) is 2.95. The van der Waals surface area contributed by atoms with Crippen LogP contribution in [0.4, 0.5) is 5.69 Å². The van der Waals surface area contributed by atoms with Crippen molar-refractivity contribution < 1.29 is 14.4 Å². The van der Waals surface area contributed by atoms with Crippen LogP contribution in [0.15, 0.2) is 48.5 Å². The van der Waals surface area contributed by atoms with E-state index in [4.69, 9.17) is 0 Å². The molecule has 25 heavy (non-hydrogen) atoms. The number of hydrogen-bond acceptors (Lipinski definition) is 3. The van der Waals surface area contributed by atoms with Crippen molar-refractivity contribution >= 4 is 23.3 Å². The molecule has 2 aromatic rings. The molecule has 3 rings (SSSR count). The molecule has 0 saturated carbocycles. The minimum absolute atomic E-state index is 0.00800. The second-order valence-electron chi connectivity index (χ2n) is 6.36. The van der Waals surface area contributed by atoms with E-state index in [-0.39, 0.29) is 36.5 Å². The first-order valence-electron chi connectivity index (χ1n) is 8.30. The number of rotatable bonds is 6. The zero-order valence-electron chi connectivity index (χ0n) is 14.0. The Bertz CT molecular complexity index is 815. The Morgan fingerprint density at radius 1 is 1.16 bits per heavy atom. The normalized spacial score (nSPS) is 13.7. The summed E-state index contributed by atoms with van der Waals surface area (Å²) in [5, 5.41) is 5.64. The molecule has 0 aliphatic carbocycles. The molecular formula is C20H20N2O3. The first-order chi connectivity index (χ1) is 12.0. The van der Waals surface area contributed by atoms with Crippen LogP contribution in [-0.4, -0.2) is 23.6 Å². The van der Waals surface area contributed by atoms with Crippen LogP contribution in [0.5, 0.6) is 0 Å². The SMILES string of the molecule is C[C@@H](CC(=O)c1ccccc1)NC(=O)Cc1ccc2c(c1)NC(=O)C2. The third kappa shape index (κ3) is 4.32. The molecule has 2 N–H and O–H groups in total. The fourth-order valence-electron chi connectivity index (χ4n) is 2.95. The van der Waals surface area contributed by atoms with Crippen LogP contribution in [0.1, 0.15) is 34.8 Å². The minimum Gasteiger partial charge on any atom is -0.353 e. The lowest BCUT2D eigenvalue weighted by Crippen LogP contribution is -2.35. The molecule has 0 unspecified atom stereocenters. The molecule has 5 heteroatoms. The van der Waals surface area contributed by atoms with E-state index < -0.39 is 0 Å². The third-order valence-electron chi connectivity index (χ3n) is 4.16. The van der Waals surface area contributed by atoms with Gasteiger partial charge in [0.1, 0.15) is 0 Å². The van der Waals surface area contributed by atoms with Gasteiger partial charge < -0.3 is 10.6 Å². The van der Waals surface area contributed by atoms with Gasteiger partial charge in [0.05, 0.1) is 12.8 Å². The molecule has 0 fully saturated rings. The van der Waals surface area contributed by atoms with Gasteiger partial charge in [-0.1, -0.05) is 42.5 Å². The lowest BCUT2D eigenvalue weighted by atomic mass is 10.0. The van der Waals surface area contributed by atoms with E-state index in [0.29, 0.717) is 12.0 Å². The van der Waals surface area contributed by atoms with Crippen LogP contribution in [0.25, 0.3) is 0 Å². The maximum atomic E-state index is 12.2. The molecule has 1 aliphatic heterocycles. The molecule has 0 saturated heterocycles. The summed E-state index contributed by atoms with van der Waals surface area (Å²) in [6.07, 6.45) is 0.865. The van der Waals surface area contributed by atoms with Gasteiger partial charge in [-0.15, -0.1) is 0 Å². The molecule has 0 spiro atoms. The number of anilines is 1. The third-order valence-corrected chi connectivity index (χ3v) is 4.16. The van der Waals surface area contributed by atoms with E-state index >= 15 is 0 Å². The molecule has 5 nitrogen and oxygen atoms in total. The number of amides is 2. The second-order valence-corrected chi connectivity index (χ2v) is 6.36. The molecule has 2 aromatic carbocycles. The number of ketones is 1. The van der Waals surface area contributed by atoms with Crippen LogP contribution in [0, 0.1) is 0 Å². The highest BCUT2D eigenvalue weighted by Crippen LogP contribution is 2.24. The predicted octanol–water partition coefficient (Wildman–Crippen LogP) is 2.50. The van der Waals surface area contributed by atoms with Crippen LogP contribution in [-0.2, 0) is 22.4 Å². The van der Waals surface area contributed by atoms with Crippen LogP contribution in [0.2, 0.25) is 0 Å². The fraction of sp³-hybridized carbons (Fsp3) is 0.250. The predicted molar refractivity (Wildman–Crippen MR) is 95.5 cm³/mol. The molecular weight excluding hydrogens is 316 g/mol. The molecule has 0 aromatic heterocycles. The number of fused-ring (bicyclic) bond motifs is 1. The van der Waals surface area contributed by atoms with Gasteiger partial charge in [-0.05, 0) is 24.1 Å². The summed E-state index contributed by atoms with van der Waals surface area (Å²) < 4.78 is 0. The molecule has 1 atom stereocenters. The summed E-state index contributed by atoms with van der Waals surface area (Å²) in [7, 11) is 0. The van der Waals surface area contributed by atoms with E-state index in [1.807, 2.05) is 43.3 Å². The van der Waals surface area contributed by atoms with Gasteiger partial charge in [-0.25, -0.2) is 0 Å². The van der Waals surface area contributed by atoms with Gasteiger partial charge >= 0.3 is 0 Å². The van der Waals surface area contributed by atoms with Crippen molar-refractivity contribution in [3.8, 4) is 0 Å². The lowest BCUT2D eigenvalue weighted by Gasteiger charge is -2.13. The summed E-state index contributed by atoms with van der Waals surface area (Å²) in [5.74, 6) is -0.157. The van der Waals surface area contributed by atoms with Crippen LogP contribution >= 0.6 is 0 Å². The maximum absolute atomic E-state index is 12.2. The van der Waals surface area contributed by atoms with Crippen molar-refractivity contribution in [2.75, 3.05) is 5.32 Å². The Balaban J connectivity index is 1.53. The molecule has 1 aliphatic rings. The lowest BCUT2D eigenvalue weighted by molar-refractivity contribution is -0.121. The molecule has 0 radical (unpaired) electrons. The van der Waals surface area contributed by atoms with Gasteiger partial charge in [-0.3, -0.25) is 14.4 Å². The highest BCUT2D eigenvalue weighted by molar-refractivity contribution is 5.99. The molecule has 128 valence electrons. The summed E-state index contributed by atoms with van der Waals surface area (Å²) in [5.41, 5.74) is 3.22. The minimum atomic E-state index is -0.241. The van der Waals surface area contributed by atoms with E-state index in [9.17, 15) is 14.4 Å². The van der Waals surface area contributed by atoms with Gasteiger partial charge in [0.25, 0.3) is 0 Å². The van der Waals surface area contributed by atoms with E-state index in [1.165, 1.54) is 0 Å². The van der Waals surface area contributed by atoms with Crippen molar-refractivity contribution in [3.63, 3.8) is 0 Å². The van der Waals surface area contributed by atoms with E-state index in [2.05, 4.69) is 10.6 Å². The van der Waals surface area contributed by atoms with Crippen molar-refractivity contribution in [3.05, 3.63) is 65.2 Å². The quantitative estimate of drug-likeness (QED) is 0.796. The summed E-state index contributed by atoms with van der Waals surface area (Å²) >= 11 is 0. The number of Topliss-reactive ketones (excluding diaryl/α,β-unsaturated/α-hetero) is 1. The highest BCUT2D eigenvalue weighted by atomic mass is 16.2. The summed E-state index contributed by atoms with van der Waals surface area (Å²) in [4.78, 5) is 35.7. The van der Waals surface area contributed by atoms with Gasteiger partial charge in [0, 0.05) is 23.7 Å². The van der Waals surface area contributed by atoms with Crippen molar-refractivity contribution in [2.45, 2.75) is 32.2 Å². The molecule has 0 bridgehead atoms. The van der Waals surface area contributed by atoms with E-state index in [0.717, 1.165) is 16.8 Å². The smallest absolute Gasteiger partial charge is 0.228 e. The average Bonchev–Trinajstić information content (AvgIpc) is 2.94. The van der Waals surface area contributed by atoms with Crippen molar-refractivity contribution in [1.82, 2.24) is 5.32 Å². The monoisotopic (exact) mass is 336 g/mol. The van der Waals surface area contributed by atoms with E-state index in [1.54, 1.807) is 12.1 Å². The van der Waals surface area contributed by atoms with Crippen LogP contribution < -0.4 is 10.6 Å². The van der Waals surface area contributed by atoms with Gasteiger partial charge in [-0.2, -0.15) is 0 Å². The largest absolute Gasteiger partial charge is 0.353 e. The topological polar surface area (TPSA) is 75.3 Å². The number of carbonyl (C=O) groups excluding carboxylic acids is 3. The zero-order valence-corrected chi connectivity index (χ0v) is 14.0. The van der Waals surface area contributed by atoms with Crippen molar-refractivity contribution in [2.24, 2.45) is 0 Å². The molecule has 1 heterocycles. The number of hydrogen-bond donors (Lipinski definition) is 2. The Labute approximate surface area is 146 Å². The molecule has 2 amide bonds. The zero-order chi connectivity index (χ0) is 17.8. The number of carbonyl (C=O) groups is 3. The van der Waals surface area contributed by atoms with Gasteiger partial charge in [0.15, 0.2) is 5.78 Å². The first-order valence-corrected chi connectivity index (χ1v) is 8.30. The summed E-state index contributed by atoms with van der Waals surface area (Å²) in [6, 6.07) is 14.4. The van der Waals surface area contributed by atoms with Gasteiger partial charge in [0.2, 0.25) is 11.8 Å². The Hall–Kier alpha value is -2.95. The maximum Gasteiger partial charge on any atom is 0.228 e. The highest BCUT2D eigenvalue weighted by Gasteiger charge is 2.18. The summed E-state index contributed by atoms with van der Waals surface area (Å²) in [6.45, 7) is 1.82. The Morgan fingerprint density at radius 3 is 2.68 bits per heavy atom. The van der Waals surface area contributed by atoms with Crippen molar-refractivity contribution in [1.29, 1.82) is 0 Å². The number of benzene rings is 2. The average molecular weight is 336 g/mol. The Kier molecular flexibility index (Phi) is 4.93. The standard InChI is InChI=1S/C20H20N2O3/c1-13(9-18(23)15-5-3-2-4-6-15)21-19(24)11-14-7-8-16-12-20(25)22-17(16)10-14/h2-8,10,13H,9,11-12H2,1H3,(H,21,24)(H,22,25)/t13-/m0/s1.